The van der Waals surface area contributed by atoms with E-state index in [-0.39, 0.29) is 7.43 Å². The van der Waals surface area contributed by atoms with Crippen LogP contribution in [0.5, 0.6) is 0 Å². The normalized spacial score (nSPS) is 16.3. The van der Waals surface area contributed by atoms with Gasteiger partial charge in [-0.2, -0.15) is 0 Å². The minimum absolute atomic E-state index is 0. The van der Waals surface area contributed by atoms with Crippen LogP contribution in [0.4, 0.5) is 0 Å². The Hall–Kier alpha value is 1.65. The van der Waals surface area contributed by atoms with Gasteiger partial charge in [0.2, 0.25) is 0 Å². The quantitative estimate of drug-likeness (QED) is 0.513. The molecule has 0 unspecified atom stereocenters. The minimum atomic E-state index is -4.48. The van der Waals surface area contributed by atoms with Gasteiger partial charge in [-0.25, -0.2) is 0 Å². The third-order valence-electron chi connectivity index (χ3n) is 0. The molecule has 0 bridgehead atoms. The topological polar surface area (TPSA) is 23.9 Å². The van der Waals surface area contributed by atoms with Crippen LogP contribution in [0.3, 0.4) is 0 Å². The van der Waals surface area contributed by atoms with Crippen LogP contribution in [0.1, 0.15) is 0 Å². The molecule has 6 heteroatoms. The summed E-state index contributed by atoms with van der Waals surface area (Å²) < 4.78 is 6.55. The molecule has 48 valence electrons. The van der Waals surface area contributed by atoms with E-state index in [1.807, 2.05) is 0 Å². The fourth-order valence-electron chi connectivity index (χ4n) is 0. The third-order valence-corrected chi connectivity index (χ3v) is 0. The van der Waals surface area contributed by atoms with Crippen molar-refractivity contribution < 1.29 is 10.5 Å². The molecule has 0 aliphatic heterocycles. The zero-order valence-electron chi connectivity index (χ0n) is 3.42. The molecule has 1 N–H and O–H groups in total. The summed E-state index contributed by atoms with van der Waals surface area (Å²) in [6, 6.07) is 0. The SMILES string of the molecule is [CH3-].[NH]=[Mo]([Cl])([Cl])([Cl])[Cl]. The standard InChI is InChI=1S/CH3.4ClH.Mo.HN/h1H3;4*1H;;1H/q-1;;;;;+4;/p-4. The molecule has 0 aromatic rings. The molecule has 0 rings (SSSR count). The Labute approximate surface area is 59.1 Å². The summed E-state index contributed by atoms with van der Waals surface area (Å²) >= 11 is 0. The molecule has 0 radical (unpaired) electrons. The molecule has 1 nitrogen and oxygen atoms in total. The predicted molar refractivity (Wildman–Crippen MR) is 32.5 cm³/mol. The maximum absolute atomic E-state index is 6.55. The van der Waals surface area contributed by atoms with Crippen LogP contribution in [0.15, 0.2) is 0 Å². The van der Waals surface area contributed by atoms with E-state index in [0.29, 0.717) is 0 Å². The second-order valence-corrected chi connectivity index (χ2v) is 24.1. The van der Waals surface area contributed by atoms with Crippen LogP contribution < -0.4 is 0 Å². The molecule has 0 fully saturated rings. The van der Waals surface area contributed by atoms with Gasteiger partial charge < -0.3 is 7.43 Å². The molecule has 0 atom stereocenters. The van der Waals surface area contributed by atoms with Crippen LogP contribution in [-0.2, 0) is 10.5 Å². The zero-order chi connectivity index (χ0) is 5.45. The Bertz CT molecular complexity index is 89.3. The van der Waals surface area contributed by atoms with Gasteiger partial charge in [0.05, 0.1) is 0 Å². The van der Waals surface area contributed by atoms with Crippen LogP contribution in [0.25, 0.3) is 0 Å². The fourth-order valence-corrected chi connectivity index (χ4v) is 0. The zero-order valence-corrected chi connectivity index (χ0v) is 8.45. The van der Waals surface area contributed by atoms with E-state index < -0.39 is 10.5 Å². The molecule has 0 aliphatic rings. The van der Waals surface area contributed by atoms with E-state index in [1.165, 1.54) is 0 Å². The van der Waals surface area contributed by atoms with E-state index in [1.54, 1.807) is 0 Å². The first-order valence-corrected chi connectivity index (χ1v) is 12.2. The average Bonchev–Trinajstić information content (AvgIpc) is 0.650. The Balaban J connectivity index is 0. The first kappa shape index (κ1) is 11.4. The summed E-state index contributed by atoms with van der Waals surface area (Å²) in [5, 5.41) is 0. The maximum atomic E-state index is 6.55. The van der Waals surface area contributed by atoms with E-state index in [4.69, 9.17) is 41.6 Å². The summed E-state index contributed by atoms with van der Waals surface area (Å²) in [5.41, 5.74) is 0. The molecular formula is CH4Cl4MoN-. The Kier molecular flexibility index (Phi) is 4.07. The van der Waals surface area contributed by atoms with Gasteiger partial charge in [0.15, 0.2) is 0 Å². The molecule has 0 aliphatic carbocycles. The number of halogens is 4. The molecule has 0 spiro atoms. The second-order valence-electron chi connectivity index (χ2n) is 0.659. The van der Waals surface area contributed by atoms with Gasteiger partial charge in [-0.3, -0.25) is 0 Å². The molecule has 0 saturated heterocycles. The van der Waals surface area contributed by atoms with Crippen molar-refractivity contribution >= 4 is 37.7 Å². The van der Waals surface area contributed by atoms with Gasteiger partial charge in [-0.15, -0.1) is 0 Å². The molecule has 0 aromatic carbocycles. The van der Waals surface area contributed by atoms with Crippen molar-refractivity contribution in [3.63, 3.8) is 0 Å². The predicted octanol–water partition coefficient (Wildman–Crippen LogP) is 3.50. The fraction of sp³-hybridized carbons (Fsp3) is 0. The van der Waals surface area contributed by atoms with Crippen molar-refractivity contribution in [3.05, 3.63) is 7.43 Å². The van der Waals surface area contributed by atoms with E-state index in [0.717, 1.165) is 0 Å². The Morgan fingerprint density at radius 1 is 1.00 bits per heavy atom. The molecular weight excluding hydrogens is 264 g/mol. The molecule has 0 saturated carbocycles. The van der Waals surface area contributed by atoms with Crippen LogP contribution >= 0.6 is 37.7 Å². The number of hydrogen-bond donors (Lipinski definition) is 1. The van der Waals surface area contributed by atoms with Crippen LogP contribution in [0, 0.1) is 11.3 Å². The number of rotatable bonds is 0. The summed E-state index contributed by atoms with van der Waals surface area (Å²) in [6.07, 6.45) is 0. The monoisotopic (exact) mass is 268 g/mol. The molecule has 7 heavy (non-hydrogen) atoms. The van der Waals surface area contributed by atoms with Gasteiger partial charge in [0.1, 0.15) is 0 Å². The number of hydrogen-bond acceptors (Lipinski definition) is 1. The van der Waals surface area contributed by atoms with Crippen molar-refractivity contribution in [3.8, 4) is 0 Å². The van der Waals surface area contributed by atoms with Crippen molar-refractivity contribution in [2.45, 2.75) is 0 Å². The van der Waals surface area contributed by atoms with Crippen molar-refractivity contribution in [2.75, 3.05) is 0 Å². The van der Waals surface area contributed by atoms with Crippen LogP contribution in [0.2, 0.25) is 0 Å². The summed E-state index contributed by atoms with van der Waals surface area (Å²) in [6.45, 7) is 0. The summed E-state index contributed by atoms with van der Waals surface area (Å²) in [7, 11) is 15.3. The molecule has 0 aromatic heterocycles. The van der Waals surface area contributed by atoms with Gasteiger partial charge in [0.25, 0.3) is 0 Å². The molecule has 0 amide bonds. The summed E-state index contributed by atoms with van der Waals surface area (Å²) in [4.78, 5) is 0. The van der Waals surface area contributed by atoms with Gasteiger partial charge >= 0.3 is 52.0 Å². The average molecular weight is 268 g/mol. The van der Waals surface area contributed by atoms with Crippen molar-refractivity contribution in [1.29, 1.82) is 3.91 Å². The van der Waals surface area contributed by atoms with E-state index in [2.05, 4.69) is 0 Å². The first-order chi connectivity index (χ1) is 2.24. The second kappa shape index (κ2) is 2.49. The van der Waals surface area contributed by atoms with Gasteiger partial charge in [0, 0.05) is 0 Å². The Morgan fingerprint density at radius 2 is 1.00 bits per heavy atom. The van der Waals surface area contributed by atoms with Gasteiger partial charge in [-0.1, -0.05) is 0 Å². The third kappa shape index (κ3) is 89.8. The van der Waals surface area contributed by atoms with Gasteiger partial charge in [-0.05, 0) is 0 Å². The summed E-state index contributed by atoms with van der Waals surface area (Å²) in [5.74, 6) is 0. The molecule has 0 heterocycles. The first-order valence-electron chi connectivity index (χ1n) is 0.821. The van der Waals surface area contributed by atoms with E-state index >= 15 is 0 Å². The van der Waals surface area contributed by atoms with E-state index in [9.17, 15) is 0 Å². The van der Waals surface area contributed by atoms with Crippen molar-refractivity contribution in [2.24, 2.45) is 0 Å². The van der Waals surface area contributed by atoms with Crippen LogP contribution in [-0.4, -0.2) is 0 Å². The number of nitrogens with one attached hydrogen (secondary N) is 1. The Morgan fingerprint density at radius 3 is 1.00 bits per heavy atom. The van der Waals surface area contributed by atoms with Crippen molar-refractivity contribution in [1.82, 2.24) is 0 Å².